The van der Waals surface area contributed by atoms with Crippen LogP contribution in [0.1, 0.15) is 5.56 Å². The maximum atomic E-state index is 5.74. The standard InChI is InChI=1S/C13H12BrN7/c1-8-2-3-9(14)10(6-8)17-12-18-11(15)19-13(20-12)21-5-4-16-7-21/h2-7H,1H3,(H3,15,17,18,19,20). The molecule has 0 aliphatic carbocycles. The van der Waals surface area contributed by atoms with E-state index >= 15 is 0 Å². The summed E-state index contributed by atoms with van der Waals surface area (Å²) in [6.07, 6.45) is 4.98. The molecule has 7 nitrogen and oxygen atoms in total. The molecule has 3 rings (SSSR count). The predicted molar refractivity (Wildman–Crippen MR) is 83.5 cm³/mol. The van der Waals surface area contributed by atoms with Crippen molar-refractivity contribution in [3.05, 3.63) is 47.0 Å². The number of nitrogen functional groups attached to an aromatic ring is 1. The number of aromatic nitrogens is 5. The normalized spacial score (nSPS) is 10.6. The lowest BCUT2D eigenvalue weighted by Crippen LogP contribution is -2.08. The highest BCUT2D eigenvalue weighted by Gasteiger charge is 2.08. The largest absolute Gasteiger partial charge is 0.368 e. The monoisotopic (exact) mass is 345 g/mol. The summed E-state index contributed by atoms with van der Waals surface area (Å²) in [6.45, 7) is 2.01. The maximum absolute atomic E-state index is 5.74. The van der Waals surface area contributed by atoms with Crippen LogP contribution in [0.15, 0.2) is 41.4 Å². The second-order valence-corrected chi connectivity index (χ2v) is 5.25. The Morgan fingerprint density at radius 2 is 2.10 bits per heavy atom. The lowest BCUT2D eigenvalue weighted by atomic mass is 10.2. The molecule has 0 radical (unpaired) electrons. The number of nitrogens with one attached hydrogen (secondary N) is 1. The summed E-state index contributed by atoms with van der Waals surface area (Å²) < 4.78 is 2.57. The Balaban J connectivity index is 1.97. The number of nitrogens with two attached hydrogens (primary N) is 1. The van der Waals surface area contributed by atoms with Crippen LogP contribution in [-0.2, 0) is 0 Å². The van der Waals surface area contributed by atoms with Gasteiger partial charge in [0.25, 0.3) is 0 Å². The molecule has 2 aromatic heterocycles. The van der Waals surface area contributed by atoms with Crippen molar-refractivity contribution in [1.82, 2.24) is 24.5 Å². The molecule has 0 spiro atoms. The molecule has 2 heterocycles. The lowest BCUT2D eigenvalue weighted by Gasteiger charge is -2.09. The third kappa shape index (κ3) is 3.00. The second kappa shape index (κ2) is 5.49. The molecule has 106 valence electrons. The van der Waals surface area contributed by atoms with Gasteiger partial charge in [-0.3, -0.25) is 4.57 Å². The minimum atomic E-state index is 0.139. The van der Waals surface area contributed by atoms with Gasteiger partial charge in [-0.2, -0.15) is 15.0 Å². The summed E-state index contributed by atoms with van der Waals surface area (Å²) >= 11 is 3.48. The molecule has 8 heteroatoms. The zero-order chi connectivity index (χ0) is 14.8. The van der Waals surface area contributed by atoms with E-state index in [-0.39, 0.29) is 5.95 Å². The molecule has 0 atom stereocenters. The van der Waals surface area contributed by atoms with Crippen LogP contribution in [-0.4, -0.2) is 24.5 Å². The number of aryl methyl sites for hydroxylation is 1. The Morgan fingerprint density at radius 1 is 1.24 bits per heavy atom. The average molecular weight is 346 g/mol. The number of halogens is 1. The molecule has 0 aliphatic heterocycles. The van der Waals surface area contributed by atoms with E-state index in [1.807, 2.05) is 25.1 Å². The third-order valence-corrected chi connectivity index (χ3v) is 3.44. The summed E-state index contributed by atoms with van der Waals surface area (Å²) in [5, 5.41) is 3.13. The first kappa shape index (κ1) is 13.5. The van der Waals surface area contributed by atoms with Crippen molar-refractivity contribution < 1.29 is 0 Å². The number of hydrogen-bond acceptors (Lipinski definition) is 6. The molecule has 0 fully saturated rings. The molecule has 0 unspecified atom stereocenters. The topological polar surface area (TPSA) is 94.5 Å². The van der Waals surface area contributed by atoms with Gasteiger partial charge in [-0.15, -0.1) is 0 Å². The molecule has 3 aromatic rings. The van der Waals surface area contributed by atoms with Crippen molar-refractivity contribution in [2.24, 2.45) is 0 Å². The van der Waals surface area contributed by atoms with Crippen molar-refractivity contribution in [3.63, 3.8) is 0 Å². The fraction of sp³-hybridized carbons (Fsp3) is 0.0769. The number of nitrogens with zero attached hydrogens (tertiary/aromatic N) is 5. The van der Waals surface area contributed by atoms with Crippen LogP contribution in [0.5, 0.6) is 0 Å². The Hall–Kier alpha value is -2.48. The molecule has 0 bridgehead atoms. The Labute approximate surface area is 129 Å². The first-order valence-electron chi connectivity index (χ1n) is 6.15. The van der Waals surface area contributed by atoms with Crippen LogP contribution >= 0.6 is 15.9 Å². The zero-order valence-electron chi connectivity index (χ0n) is 11.2. The van der Waals surface area contributed by atoms with Gasteiger partial charge >= 0.3 is 0 Å². The van der Waals surface area contributed by atoms with Gasteiger partial charge in [-0.1, -0.05) is 6.07 Å². The SMILES string of the molecule is Cc1ccc(Br)c(Nc2nc(N)nc(-n3ccnc3)n2)c1. The van der Waals surface area contributed by atoms with E-state index in [9.17, 15) is 0 Å². The van der Waals surface area contributed by atoms with Gasteiger partial charge in [-0.25, -0.2) is 4.98 Å². The predicted octanol–water partition coefficient (Wildman–Crippen LogP) is 2.45. The van der Waals surface area contributed by atoms with Crippen LogP contribution in [0, 0.1) is 6.92 Å². The van der Waals surface area contributed by atoms with Crippen LogP contribution < -0.4 is 11.1 Å². The number of rotatable bonds is 3. The quantitative estimate of drug-likeness (QED) is 0.757. The molecule has 0 aliphatic rings. The van der Waals surface area contributed by atoms with Gasteiger partial charge < -0.3 is 11.1 Å². The highest BCUT2D eigenvalue weighted by molar-refractivity contribution is 9.10. The molecular weight excluding hydrogens is 334 g/mol. The van der Waals surface area contributed by atoms with E-state index in [0.29, 0.717) is 11.9 Å². The first-order chi connectivity index (χ1) is 10.1. The van der Waals surface area contributed by atoms with Crippen molar-refractivity contribution in [1.29, 1.82) is 0 Å². The number of anilines is 3. The Morgan fingerprint density at radius 3 is 2.86 bits per heavy atom. The summed E-state index contributed by atoms with van der Waals surface area (Å²) in [5.41, 5.74) is 7.72. The van der Waals surface area contributed by atoms with E-state index < -0.39 is 0 Å². The number of imidazole rings is 1. The summed E-state index contributed by atoms with van der Waals surface area (Å²) in [7, 11) is 0. The summed E-state index contributed by atoms with van der Waals surface area (Å²) in [5.74, 6) is 0.920. The highest BCUT2D eigenvalue weighted by Crippen LogP contribution is 2.25. The van der Waals surface area contributed by atoms with E-state index in [0.717, 1.165) is 15.7 Å². The van der Waals surface area contributed by atoms with Gasteiger partial charge in [-0.05, 0) is 40.5 Å². The molecule has 0 saturated heterocycles. The van der Waals surface area contributed by atoms with Gasteiger partial charge in [0.2, 0.25) is 17.8 Å². The van der Waals surface area contributed by atoms with Gasteiger partial charge in [0.05, 0.1) is 5.69 Å². The second-order valence-electron chi connectivity index (χ2n) is 4.40. The van der Waals surface area contributed by atoms with E-state index in [2.05, 4.69) is 41.2 Å². The van der Waals surface area contributed by atoms with Crippen LogP contribution in [0.2, 0.25) is 0 Å². The molecule has 1 aromatic carbocycles. The average Bonchev–Trinajstić information content (AvgIpc) is 2.96. The highest BCUT2D eigenvalue weighted by atomic mass is 79.9. The zero-order valence-corrected chi connectivity index (χ0v) is 12.7. The fourth-order valence-corrected chi connectivity index (χ4v) is 2.13. The van der Waals surface area contributed by atoms with Crippen LogP contribution in [0.4, 0.5) is 17.6 Å². The first-order valence-corrected chi connectivity index (χ1v) is 6.94. The molecular formula is C13H12BrN7. The van der Waals surface area contributed by atoms with E-state index in [1.54, 1.807) is 23.3 Å². The Bertz CT molecular complexity index is 770. The lowest BCUT2D eigenvalue weighted by molar-refractivity contribution is 0.906. The number of benzene rings is 1. The fourth-order valence-electron chi connectivity index (χ4n) is 1.78. The summed E-state index contributed by atoms with van der Waals surface area (Å²) in [6, 6.07) is 5.95. The van der Waals surface area contributed by atoms with Crippen LogP contribution in [0.3, 0.4) is 0 Å². The van der Waals surface area contributed by atoms with Crippen molar-refractivity contribution in [2.45, 2.75) is 6.92 Å². The van der Waals surface area contributed by atoms with E-state index in [4.69, 9.17) is 5.73 Å². The third-order valence-electron chi connectivity index (χ3n) is 2.74. The molecule has 21 heavy (non-hydrogen) atoms. The Kier molecular flexibility index (Phi) is 3.53. The summed E-state index contributed by atoms with van der Waals surface area (Å²) in [4.78, 5) is 16.5. The van der Waals surface area contributed by atoms with Crippen molar-refractivity contribution in [2.75, 3.05) is 11.1 Å². The molecule has 0 amide bonds. The van der Waals surface area contributed by atoms with Crippen molar-refractivity contribution in [3.8, 4) is 5.95 Å². The number of hydrogen-bond donors (Lipinski definition) is 2. The van der Waals surface area contributed by atoms with Gasteiger partial charge in [0, 0.05) is 16.9 Å². The molecule has 3 N–H and O–H groups in total. The molecule has 0 saturated carbocycles. The van der Waals surface area contributed by atoms with Gasteiger partial charge in [0.1, 0.15) is 6.33 Å². The van der Waals surface area contributed by atoms with Crippen molar-refractivity contribution >= 4 is 33.5 Å². The van der Waals surface area contributed by atoms with Gasteiger partial charge in [0.15, 0.2) is 0 Å². The van der Waals surface area contributed by atoms with Crippen LogP contribution in [0.25, 0.3) is 5.95 Å². The maximum Gasteiger partial charge on any atom is 0.241 e. The van der Waals surface area contributed by atoms with E-state index in [1.165, 1.54) is 0 Å². The minimum absolute atomic E-state index is 0.139. The minimum Gasteiger partial charge on any atom is -0.368 e. The smallest absolute Gasteiger partial charge is 0.241 e.